The third kappa shape index (κ3) is 5.88. The normalized spacial score (nSPS) is 21.3. The van der Waals surface area contributed by atoms with Crippen LogP contribution in [0.5, 0.6) is 0 Å². The van der Waals surface area contributed by atoms with Gasteiger partial charge in [0.25, 0.3) is 6.43 Å². The molecule has 0 spiro atoms. The summed E-state index contributed by atoms with van der Waals surface area (Å²) in [6.45, 7) is 10.3. The molecule has 4 heterocycles. The molecule has 0 N–H and O–H groups in total. The molecule has 2 atom stereocenters. The highest BCUT2D eigenvalue weighted by Gasteiger charge is 2.34. The molecule has 3 aliphatic heterocycles. The van der Waals surface area contributed by atoms with E-state index in [-0.39, 0.29) is 36.0 Å². The van der Waals surface area contributed by atoms with Crippen LogP contribution in [0.2, 0.25) is 0 Å². The van der Waals surface area contributed by atoms with Crippen LogP contribution in [-0.4, -0.2) is 82.7 Å². The lowest BCUT2D eigenvalue weighted by atomic mass is 9.90. The number of thioether (sulfide) groups is 1. The first kappa shape index (κ1) is 30.7. The Balaban J connectivity index is 1.42. The van der Waals surface area contributed by atoms with Gasteiger partial charge in [-0.2, -0.15) is 4.98 Å². The standard InChI is InChI=1S/C33H38F3N5O2S/c1-4-28(42)39-13-14-40(21(3)17-39)32-26-15-20(2)29(23-5-7-24(34)8-6-23)31-30(26)41(33(43)37-32)25(19-44-31)16-22-9-11-38(12-10-22)18-27(35)36/h4-8,15,21-22,25,27H,1,9-14,16-19H2,2-3H3/t21-,25-/m0/s1. The van der Waals surface area contributed by atoms with Crippen LogP contribution in [0.15, 0.2) is 52.7 Å². The Morgan fingerprint density at radius 1 is 1.16 bits per heavy atom. The summed E-state index contributed by atoms with van der Waals surface area (Å²) in [5.74, 6) is 1.22. The Hall–Kier alpha value is -3.31. The molecule has 2 aromatic carbocycles. The number of piperazine rings is 1. The topological polar surface area (TPSA) is 61.7 Å². The largest absolute Gasteiger partial charge is 0.350 e. The SMILES string of the molecule is C=CC(=O)N1CCN(c2nc(=O)n3c4c(c(-c5ccc(F)cc5)c(C)cc24)SC[C@@H]3CC2CCN(CC(F)F)CC2)[C@@H](C)C1. The molecule has 0 saturated carbocycles. The molecule has 1 amide bonds. The van der Waals surface area contributed by atoms with Gasteiger partial charge in [-0.05, 0) is 87.5 Å². The van der Waals surface area contributed by atoms with Crippen LogP contribution in [0.1, 0.15) is 37.8 Å². The van der Waals surface area contributed by atoms with Crippen molar-refractivity contribution in [2.24, 2.45) is 5.92 Å². The Labute approximate surface area is 259 Å². The zero-order chi connectivity index (χ0) is 31.1. The number of alkyl halides is 2. The minimum absolute atomic E-state index is 0.0658. The summed E-state index contributed by atoms with van der Waals surface area (Å²) in [6.07, 6.45) is 1.43. The van der Waals surface area contributed by atoms with E-state index in [2.05, 4.69) is 17.5 Å². The predicted octanol–water partition coefficient (Wildman–Crippen LogP) is 5.75. The maximum absolute atomic E-state index is 14.0. The Bertz CT molecular complexity index is 1620. The van der Waals surface area contributed by atoms with Crippen molar-refractivity contribution in [3.8, 4) is 11.1 Å². The van der Waals surface area contributed by atoms with Gasteiger partial charge in [-0.1, -0.05) is 18.7 Å². The number of likely N-dealkylation sites (tertiary alicyclic amines) is 1. The molecule has 234 valence electrons. The monoisotopic (exact) mass is 625 g/mol. The Kier molecular flexibility index (Phi) is 8.79. The second-order valence-corrected chi connectivity index (χ2v) is 13.3. The fraction of sp³-hybridized carbons (Fsp3) is 0.485. The molecule has 3 aliphatic rings. The number of halogens is 3. The second-order valence-electron chi connectivity index (χ2n) is 12.3. The van der Waals surface area contributed by atoms with Gasteiger partial charge in [-0.25, -0.2) is 18.0 Å². The van der Waals surface area contributed by atoms with Crippen LogP contribution >= 0.6 is 11.8 Å². The summed E-state index contributed by atoms with van der Waals surface area (Å²) in [6, 6.07) is 8.42. The van der Waals surface area contributed by atoms with E-state index in [0.29, 0.717) is 50.2 Å². The molecule has 11 heteroatoms. The van der Waals surface area contributed by atoms with E-state index in [1.165, 1.54) is 18.2 Å². The molecular formula is C33H38F3N5O2S. The van der Waals surface area contributed by atoms with Gasteiger partial charge in [-0.3, -0.25) is 14.3 Å². The number of carbonyl (C=O) groups is 1. The number of hydrogen-bond donors (Lipinski definition) is 0. The average molecular weight is 626 g/mol. The van der Waals surface area contributed by atoms with Crippen molar-refractivity contribution >= 4 is 34.4 Å². The number of benzene rings is 2. The van der Waals surface area contributed by atoms with E-state index in [9.17, 15) is 22.8 Å². The van der Waals surface area contributed by atoms with Crippen molar-refractivity contribution < 1.29 is 18.0 Å². The predicted molar refractivity (Wildman–Crippen MR) is 169 cm³/mol. The molecule has 0 unspecified atom stereocenters. The van der Waals surface area contributed by atoms with Crippen molar-refractivity contribution in [1.29, 1.82) is 0 Å². The highest BCUT2D eigenvalue weighted by molar-refractivity contribution is 7.99. The maximum Gasteiger partial charge on any atom is 0.350 e. The maximum atomic E-state index is 14.0. The summed E-state index contributed by atoms with van der Waals surface area (Å²) < 4.78 is 41.6. The van der Waals surface area contributed by atoms with E-state index >= 15 is 0 Å². The molecule has 2 saturated heterocycles. The number of aryl methyl sites for hydroxylation is 1. The Morgan fingerprint density at radius 3 is 2.55 bits per heavy atom. The number of carbonyl (C=O) groups excluding carboxylic acids is 1. The van der Waals surface area contributed by atoms with Gasteiger partial charge in [0.2, 0.25) is 5.91 Å². The first-order valence-corrected chi connectivity index (χ1v) is 16.3. The number of hydrogen-bond acceptors (Lipinski definition) is 6. The Morgan fingerprint density at radius 2 is 1.89 bits per heavy atom. The second kappa shape index (κ2) is 12.6. The van der Waals surface area contributed by atoms with Crippen LogP contribution in [0.3, 0.4) is 0 Å². The van der Waals surface area contributed by atoms with Gasteiger partial charge in [0.05, 0.1) is 12.1 Å². The highest BCUT2D eigenvalue weighted by atomic mass is 32.2. The van der Waals surface area contributed by atoms with Crippen molar-refractivity contribution in [1.82, 2.24) is 19.4 Å². The number of piperidine rings is 1. The minimum Gasteiger partial charge on any atom is -0.350 e. The van der Waals surface area contributed by atoms with E-state index in [4.69, 9.17) is 4.98 Å². The third-order valence-electron chi connectivity index (χ3n) is 9.35. The summed E-state index contributed by atoms with van der Waals surface area (Å²) in [4.78, 5) is 37.8. The van der Waals surface area contributed by atoms with Crippen molar-refractivity contribution in [2.75, 3.05) is 49.9 Å². The van der Waals surface area contributed by atoms with E-state index in [0.717, 1.165) is 51.8 Å². The van der Waals surface area contributed by atoms with Crippen LogP contribution in [0.25, 0.3) is 22.0 Å². The molecule has 3 aromatic rings. The summed E-state index contributed by atoms with van der Waals surface area (Å²) >= 11 is 1.73. The van der Waals surface area contributed by atoms with Gasteiger partial charge in [0.15, 0.2) is 0 Å². The minimum atomic E-state index is -2.33. The van der Waals surface area contributed by atoms with Crippen LogP contribution in [0.4, 0.5) is 19.0 Å². The smallest absolute Gasteiger partial charge is 0.350 e. The zero-order valence-corrected chi connectivity index (χ0v) is 26.0. The molecule has 0 aliphatic carbocycles. The van der Waals surface area contributed by atoms with E-state index in [1.54, 1.807) is 28.8 Å². The van der Waals surface area contributed by atoms with Crippen molar-refractivity contribution in [3.05, 3.63) is 64.9 Å². The van der Waals surface area contributed by atoms with E-state index < -0.39 is 6.43 Å². The zero-order valence-electron chi connectivity index (χ0n) is 25.1. The van der Waals surface area contributed by atoms with Gasteiger partial charge in [0, 0.05) is 53.3 Å². The molecule has 6 rings (SSSR count). The first-order chi connectivity index (χ1) is 21.1. The number of anilines is 1. The molecule has 0 bridgehead atoms. The van der Waals surface area contributed by atoms with Gasteiger partial charge >= 0.3 is 5.69 Å². The third-order valence-corrected chi connectivity index (χ3v) is 10.6. The highest BCUT2D eigenvalue weighted by Crippen LogP contribution is 2.47. The summed E-state index contributed by atoms with van der Waals surface area (Å²) in [5.41, 5.74) is 3.43. The fourth-order valence-electron chi connectivity index (χ4n) is 7.17. The van der Waals surface area contributed by atoms with Crippen LogP contribution < -0.4 is 10.6 Å². The quantitative estimate of drug-likeness (QED) is 0.312. The van der Waals surface area contributed by atoms with E-state index in [1.807, 2.05) is 23.3 Å². The lowest BCUT2D eigenvalue weighted by molar-refractivity contribution is -0.126. The number of rotatable bonds is 7. The van der Waals surface area contributed by atoms with Gasteiger partial charge < -0.3 is 9.80 Å². The fourth-order valence-corrected chi connectivity index (χ4v) is 8.59. The molecule has 1 aromatic heterocycles. The lowest BCUT2D eigenvalue weighted by Crippen LogP contribution is -2.54. The lowest BCUT2D eigenvalue weighted by Gasteiger charge is -2.41. The molecule has 44 heavy (non-hydrogen) atoms. The number of amides is 1. The number of nitrogens with zero attached hydrogens (tertiary/aromatic N) is 5. The van der Waals surface area contributed by atoms with Gasteiger partial charge in [0.1, 0.15) is 11.6 Å². The van der Waals surface area contributed by atoms with Crippen LogP contribution in [-0.2, 0) is 4.79 Å². The average Bonchev–Trinajstić information content (AvgIpc) is 3.00. The van der Waals surface area contributed by atoms with Crippen molar-refractivity contribution in [3.63, 3.8) is 0 Å². The van der Waals surface area contributed by atoms with Crippen LogP contribution in [0, 0.1) is 18.7 Å². The molecular weight excluding hydrogens is 587 g/mol. The van der Waals surface area contributed by atoms with Crippen molar-refractivity contribution in [2.45, 2.75) is 56.5 Å². The summed E-state index contributed by atoms with van der Waals surface area (Å²) in [5, 5.41) is 0.891. The first-order valence-electron chi connectivity index (χ1n) is 15.3. The summed E-state index contributed by atoms with van der Waals surface area (Å²) in [7, 11) is 0. The molecule has 0 radical (unpaired) electrons. The van der Waals surface area contributed by atoms with Gasteiger partial charge in [-0.15, -0.1) is 11.8 Å². The number of aromatic nitrogens is 2. The molecule has 7 nitrogen and oxygen atoms in total. The molecule has 2 fully saturated rings.